The summed E-state index contributed by atoms with van der Waals surface area (Å²) in [6.45, 7) is 19.1. The van der Waals surface area contributed by atoms with E-state index in [1.807, 2.05) is 39.5 Å². The molecule has 0 atom stereocenters. The Hall–Kier alpha value is 0.0900. The molecule has 0 radical (unpaired) electrons. The van der Waals surface area contributed by atoms with Crippen LogP contribution in [0.5, 0.6) is 0 Å². The lowest BCUT2D eigenvalue weighted by atomic mass is 10.0. The molecule has 0 aliphatic carbocycles. The maximum atomic E-state index is 2.27. The van der Waals surface area contributed by atoms with Gasteiger partial charge in [-0.15, -0.1) is 0 Å². The molecule has 0 unspecified atom stereocenters. The summed E-state index contributed by atoms with van der Waals surface area (Å²) in [5.41, 5.74) is 1.47. The molecular weight excluding hydrogens is 188 g/mol. The summed E-state index contributed by atoms with van der Waals surface area (Å²) < 4.78 is 0.337. The Morgan fingerprint density at radius 2 is 1.50 bits per heavy atom. The molecule has 0 aromatic heterocycles. The molecular formula is C13H30S. The van der Waals surface area contributed by atoms with Crippen LogP contribution in [0.4, 0.5) is 0 Å². The normalized spacial score (nSPS) is 10.8. The molecule has 0 nitrogen and oxygen atoms in total. The maximum absolute atomic E-state index is 2.27. The lowest BCUT2D eigenvalue weighted by Crippen LogP contribution is -2.16. The van der Waals surface area contributed by atoms with E-state index < -0.39 is 0 Å². The summed E-state index contributed by atoms with van der Waals surface area (Å²) in [4.78, 5) is 0. The van der Waals surface area contributed by atoms with Crippen molar-refractivity contribution in [3.05, 3.63) is 11.6 Å². The molecule has 0 saturated heterocycles. The van der Waals surface area contributed by atoms with Gasteiger partial charge in [0.2, 0.25) is 0 Å². The first-order valence-electron chi connectivity index (χ1n) is 5.82. The van der Waals surface area contributed by atoms with Crippen molar-refractivity contribution < 1.29 is 0 Å². The van der Waals surface area contributed by atoms with E-state index in [1.165, 1.54) is 11.3 Å². The van der Waals surface area contributed by atoms with Gasteiger partial charge in [-0.05, 0) is 33.4 Å². The van der Waals surface area contributed by atoms with E-state index >= 15 is 0 Å². The predicted octanol–water partition coefficient (Wildman–Crippen LogP) is 5.54. The van der Waals surface area contributed by atoms with Crippen molar-refractivity contribution in [2.75, 3.05) is 5.75 Å². The molecule has 1 heteroatoms. The number of hydrogen-bond acceptors (Lipinski definition) is 1. The zero-order valence-electron chi connectivity index (χ0n) is 11.7. The van der Waals surface area contributed by atoms with Gasteiger partial charge in [0.25, 0.3) is 0 Å². The summed E-state index contributed by atoms with van der Waals surface area (Å²) in [7, 11) is 0. The first-order valence-corrected chi connectivity index (χ1v) is 6.80. The molecule has 0 aliphatic rings. The predicted molar refractivity (Wildman–Crippen MR) is 74.3 cm³/mol. The van der Waals surface area contributed by atoms with Gasteiger partial charge in [-0.25, -0.2) is 0 Å². The van der Waals surface area contributed by atoms with Crippen LogP contribution in [0.3, 0.4) is 0 Å². The molecule has 0 saturated carbocycles. The molecule has 0 amide bonds. The fraction of sp³-hybridized carbons (Fsp3) is 0.846. The van der Waals surface area contributed by atoms with Crippen LogP contribution >= 0.6 is 11.8 Å². The maximum Gasteiger partial charge on any atom is 0.0308 e. The second kappa shape index (κ2) is 13.1. The fourth-order valence-electron chi connectivity index (χ4n) is 0.822. The third-order valence-corrected chi connectivity index (χ3v) is 3.22. The SMILES string of the molecule is CC.CC.CC=C(C)C(C)(C)SCC. The molecule has 0 heterocycles. The third kappa shape index (κ3) is 10.2. The molecule has 0 aromatic carbocycles. The number of hydrogen-bond donors (Lipinski definition) is 0. The Morgan fingerprint density at radius 3 is 1.71 bits per heavy atom. The molecule has 0 spiro atoms. The third-order valence-electron chi connectivity index (χ3n) is 1.89. The second-order valence-corrected chi connectivity index (χ2v) is 4.80. The quantitative estimate of drug-likeness (QED) is 0.561. The topological polar surface area (TPSA) is 0 Å². The van der Waals surface area contributed by atoms with Crippen LogP contribution < -0.4 is 0 Å². The van der Waals surface area contributed by atoms with Crippen molar-refractivity contribution in [1.29, 1.82) is 0 Å². The second-order valence-electron chi connectivity index (χ2n) is 2.92. The molecule has 0 aromatic rings. The Labute approximate surface area is 96.6 Å². The van der Waals surface area contributed by atoms with Gasteiger partial charge >= 0.3 is 0 Å². The summed E-state index contributed by atoms with van der Waals surface area (Å²) in [5, 5.41) is 0. The molecule has 0 N–H and O–H groups in total. The molecule has 0 aliphatic heterocycles. The first-order chi connectivity index (χ1) is 6.54. The average Bonchev–Trinajstić information content (AvgIpc) is 2.22. The highest BCUT2D eigenvalue weighted by molar-refractivity contribution is 8.00. The van der Waals surface area contributed by atoms with Crippen molar-refractivity contribution >= 4 is 11.8 Å². The van der Waals surface area contributed by atoms with E-state index in [-0.39, 0.29) is 0 Å². The van der Waals surface area contributed by atoms with E-state index in [0.29, 0.717) is 4.75 Å². The van der Waals surface area contributed by atoms with E-state index in [9.17, 15) is 0 Å². The smallest absolute Gasteiger partial charge is 0.0308 e. The van der Waals surface area contributed by atoms with Crippen molar-refractivity contribution in [1.82, 2.24) is 0 Å². The Kier molecular flexibility index (Phi) is 18.4. The van der Waals surface area contributed by atoms with Gasteiger partial charge in [-0.2, -0.15) is 11.8 Å². The largest absolute Gasteiger partial charge is 0.152 e. The van der Waals surface area contributed by atoms with Gasteiger partial charge in [-0.3, -0.25) is 0 Å². The first kappa shape index (κ1) is 19.6. The van der Waals surface area contributed by atoms with Gasteiger partial charge in [0.1, 0.15) is 0 Å². The average molecular weight is 218 g/mol. The van der Waals surface area contributed by atoms with Crippen molar-refractivity contribution in [2.45, 2.75) is 67.1 Å². The van der Waals surface area contributed by atoms with Crippen molar-refractivity contribution in [3.63, 3.8) is 0 Å². The Morgan fingerprint density at radius 1 is 1.14 bits per heavy atom. The number of allylic oxidation sites excluding steroid dienone is 1. The van der Waals surface area contributed by atoms with E-state index in [4.69, 9.17) is 0 Å². The van der Waals surface area contributed by atoms with Crippen LogP contribution in [0.1, 0.15) is 62.3 Å². The van der Waals surface area contributed by atoms with Crippen molar-refractivity contribution in [3.8, 4) is 0 Å². The minimum Gasteiger partial charge on any atom is -0.152 e. The summed E-state index contributed by atoms with van der Waals surface area (Å²) in [6.07, 6.45) is 2.20. The van der Waals surface area contributed by atoms with Gasteiger partial charge in [-0.1, -0.05) is 46.3 Å². The Balaban J connectivity index is -0.000000266. The lowest BCUT2D eigenvalue weighted by molar-refractivity contribution is 0.830. The zero-order valence-corrected chi connectivity index (χ0v) is 12.5. The van der Waals surface area contributed by atoms with Gasteiger partial charge in [0.15, 0.2) is 0 Å². The van der Waals surface area contributed by atoms with Crippen LogP contribution in [0.25, 0.3) is 0 Å². The van der Waals surface area contributed by atoms with Crippen molar-refractivity contribution in [2.24, 2.45) is 0 Å². The lowest BCUT2D eigenvalue weighted by Gasteiger charge is -2.24. The minimum atomic E-state index is 0.337. The fourth-order valence-corrected chi connectivity index (χ4v) is 1.89. The minimum absolute atomic E-state index is 0.337. The monoisotopic (exact) mass is 218 g/mol. The molecule has 0 bridgehead atoms. The summed E-state index contributed by atoms with van der Waals surface area (Å²) >= 11 is 2.00. The standard InChI is InChI=1S/C9H18S.2C2H6/c1-6-8(3)9(4,5)10-7-2;2*1-2/h6H,7H2,1-5H3;2*1-2H3. The van der Waals surface area contributed by atoms with Gasteiger partial charge in [0, 0.05) is 4.75 Å². The molecule has 88 valence electrons. The number of rotatable bonds is 3. The molecule has 0 fully saturated rings. The van der Waals surface area contributed by atoms with E-state index in [2.05, 4.69) is 40.7 Å². The van der Waals surface area contributed by atoms with Gasteiger partial charge < -0.3 is 0 Å². The summed E-state index contributed by atoms with van der Waals surface area (Å²) in [5.74, 6) is 1.19. The van der Waals surface area contributed by atoms with E-state index in [0.717, 1.165) is 0 Å². The Bertz CT molecular complexity index is 123. The highest BCUT2D eigenvalue weighted by Gasteiger charge is 2.17. The molecule has 14 heavy (non-hydrogen) atoms. The zero-order chi connectivity index (χ0) is 12.2. The van der Waals surface area contributed by atoms with Crippen LogP contribution in [-0.4, -0.2) is 10.5 Å². The number of thioether (sulfide) groups is 1. The van der Waals surface area contributed by atoms with Gasteiger partial charge in [0.05, 0.1) is 0 Å². The summed E-state index contributed by atoms with van der Waals surface area (Å²) in [6, 6.07) is 0. The van der Waals surface area contributed by atoms with E-state index in [1.54, 1.807) is 0 Å². The van der Waals surface area contributed by atoms with Crippen LogP contribution in [0.15, 0.2) is 11.6 Å². The van der Waals surface area contributed by atoms with Crippen LogP contribution in [-0.2, 0) is 0 Å². The highest BCUT2D eigenvalue weighted by atomic mass is 32.2. The highest BCUT2D eigenvalue weighted by Crippen LogP contribution is 2.31. The van der Waals surface area contributed by atoms with Crippen LogP contribution in [0.2, 0.25) is 0 Å². The van der Waals surface area contributed by atoms with Crippen LogP contribution in [0, 0.1) is 0 Å². The molecule has 0 rings (SSSR count).